The highest BCUT2D eigenvalue weighted by molar-refractivity contribution is 5.83. The van der Waals surface area contributed by atoms with Crippen LogP contribution in [-0.2, 0) is 9.53 Å². The zero-order valence-electron chi connectivity index (χ0n) is 16.2. The molecular formula is C22H28N4O2. The van der Waals surface area contributed by atoms with E-state index in [0.29, 0.717) is 13.2 Å². The lowest BCUT2D eigenvalue weighted by atomic mass is 10.0. The lowest BCUT2D eigenvalue weighted by Crippen LogP contribution is -2.48. The first-order chi connectivity index (χ1) is 13.8. The monoisotopic (exact) mass is 380 g/mol. The highest BCUT2D eigenvalue weighted by atomic mass is 16.5. The number of para-hydroxylation sites is 1. The van der Waals surface area contributed by atoms with Crippen LogP contribution in [0.5, 0.6) is 0 Å². The van der Waals surface area contributed by atoms with Gasteiger partial charge in [0.05, 0.1) is 13.2 Å². The van der Waals surface area contributed by atoms with Gasteiger partial charge in [0, 0.05) is 57.3 Å². The maximum absolute atomic E-state index is 13.6. The van der Waals surface area contributed by atoms with E-state index in [1.54, 1.807) is 6.20 Å². The van der Waals surface area contributed by atoms with E-state index in [9.17, 15) is 4.79 Å². The van der Waals surface area contributed by atoms with Gasteiger partial charge in [-0.3, -0.25) is 14.7 Å². The number of amides is 1. The molecule has 0 radical (unpaired) electrons. The van der Waals surface area contributed by atoms with Crippen molar-refractivity contribution in [1.29, 1.82) is 0 Å². The first-order valence-electron chi connectivity index (χ1n) is 10.1. The Morgan fingerprint density at radius 2 is 1.75 bits per heavy atom. The predicted octanol–water partition coefficient (Wildman–Crippen LogP) is 2.19. The molecule has 3 heterocycles. The van der Waals surface area contributed by atoms with Crippen LogP contribution < -0.4 is 4.90 Å². The summed E-state index contributed by atoms with van der Waals surface area (Å²) in [4.78, 5) is 24.5. The highest BCUT2D eigenvalue weighted by Crippen LogP contribution is 2.25. The molecule has 2 saturated heterocycles. The second-order valence-corrected chi connectivity index (χ2v) is 7.34. The third-order valence-electron chi connectivity index (χ3n) is 5.57. The molecule has 148 valence electrons. The molecule has 1 amide bonds. The number of morpholine rings is 1. The van der Waals surface area contributed by atoms with Crippen molar-refractivity contribution in [2.24, 2.45) is 0 Å². The summed E-state index contributed by atoms with van der Waals surface area (Å²) in [5, 5.41) is 0. The summed E-state index contributed by atoms with van der Waals surface area (Å²) < 4.78 is 5.51. The number of benzene rings is 1. The maximum atomic E-state index is 13.6. The van der Waals surface area contributed by atoms with Gasteiger partial charge in [0.15, 0.2) is 0 Å². The molecule has 0 saturated carbocycles. The van der Waals surface area contributed by atoms with Gasteiger partial charge in [-0.1, -0.05) is 24.3 Å². The van der Waals surface area contributed by atoms with Crippen LogP contribution in [0.4, 0.5) is 5.69 Å². The summed E-state index contributed by atoms with van der Waals surface area (Å²) in [5.41, 5.74) is 2.20. The third kappa shape index (κ3) is 4.34. The number of ether oxygens (including phenoxy) is 1. The molecule has 1 aromatic carbocycles. The van der Waals surface area contributed by atoms with E-state index < -0.39 is 0 Å². The number of rotatable bonds is 4. The van der Waals surface area contributed by atoms with Gasteiger partial charge in [0.25, 0.3) is 0 Å². The van der Waals surface area contributed by atoms with Crippen molar-refractivity contribution in [1.82, 2.24) is 14.8 Å². The number of carbonyl (C=O) groups is 1. The van der Waals surface area contributed by atoms with E-state index >= 15 is 0 Å². The number of hydrogen-bond donors (Lipinski definition) is 0. The van der Waals surface area contributed by atoms with Crippen LogP contribution in [-0.4, -0.2) is 73.2 Å². The molecular weight excluding hydrogens is 352 g/mol. The zero-order chi connectivity index (χ0) is 19.2. The van der Waals surface area contributed by atoms with Gasteiger partial charge < -0.3 is 14.5 Å². The molecule has 2 aliphatic rings. The van der Waals surface area contributed by atoms with Gasteiger partial charge in [-0.15, -0.1) is 0 Å². The second-order valence-electron chi connectivity index (χ2n) is 7.34. The molecule has 6 nitrogen and oxygen atoms in total. The Kier molecular flexibility index (Phi) is 6.19. The summed E-state index contributed by atoms with van der Waals surface area (Å²) >= 11 is 0. The second kappa shape index (κ2) is 9.17. The Labute approximate surface area is 166 Å². The van der Waals surface area contributed by atoms with E-state index in [-0.39, 0.29) is 11.9 Å². The van der Waals surface area contributed by atoms with Crippen LogP contribution in [0.1, 0.15) is 18.0 Å². The van der Waals surface area contributed by atoms with Gasteiger partial charge in [-0.05, 0) is 30.2 Å². The smallest absolute Gasteiger partial charge is 0.244 e. The quantitative estimate of drug-likeness (QED) is 0.814. The molecule has 6 heteroatoms. The van der Waals surface area contributed by atoms with Crippen LogP contribution in [0.3, 0.4) is 0 Å². The summed E-state index contributed by atoms with van der Waals surface area (Å²) in [5.74, 6) is 0.185. The fraction of sp³-hybridized carbons (Fsp3) is 0.455. The molecule has 0 bridgehead atoms. The van der Waals surface area contributed by atoms with E-state index in [4.69, 9.17) is 4.74 Å². The van der Waals surface area contributed by atoms with Crippen LogP contribution >= 0.6 is 0 Å². The van der Waals surface area contributed by atoms with Crippen molar-refractivity contribution in [3.05, 3.63) is 60.4 Å². The van der Waals surface area contributed by atoms with Crippen LogP contribution in [0.25, 0.3) is 0 Å². The van der Waals surface area contributed by atoms with E-state index in [1.165, 1.54) is 5.69 Å². The molecule has 0 N–H and O–H groups in total. The summed E-state index contributed by atoms with van der Waals surface area (Å²) in [6, 6.07) is 14.1. The lowest BCUT2D eigenvalue weighted by molar-refractivity contribution is -0.139. The minimum Gasteiger partial charge on any atom is -0.379 e. The molecule has 1 atom stereocenters. The number of carbonyl (C=O) groups excluding carboxylic acids is 1. The van der Waals surface area contributed by atoms with E-state index in [0.717, 1.165) is 51.3 Å². The van der Waals surface area contributed by atoms with Crippen molar-refractivity contribution in [3.63, 3.8) is 0 Å². The standard InChI is InChI=1S/C22H28N4O2/c27-22(21(19-6-4-9-23-18-19)25-14-16-28-17-15-25)26-11-5-10-24(12-13-26)20-7-2-1-3-8-20/h1-4,6-9,18,21H,5,10-17H2/t21-/m0/s1. The zero-order valence-corrected chi connectivity index (χ0v) is 16.2. The minimum absolute atomic E-state index is 0.185. The molecule has 2 fully saturated rings. The Balaban J connectivity index is 1.50. The topological polar surface area (TPSA) is 48.9 Å². The van der Waals surface area contributed by atoms with E-state index in [2.05, 4.69) is 39.0 Å². The van der Waals surface area contributed by atoms with Gasteiger partial charge in [-0.25, -0.2) is 0 Å². The van der Waals surface area contributed by atoms with Crippen molar-refractivity contribution >= 4 is 11.6 Å². The molecule has 1 aromatic heterocycles. The van der Waals surface area contributed by atoms with Crippen LogP contribution in [0, 0.1) is 0 Å². The molecule has 2 aromatic rings. The molecule has 0 spiro atoms. The molecule has 4 rings (SSSR count). The summed E-state index contributed by atoms with van der Waals surface area (Å²) in [7, 11) is 0. The Morgan fingerprint density at radius 1 is 0.929 bits per heavy atom. The van der Waals surface area contributed by atoms with Crippen molar-refractivity contribution in [2.45, 2.75) is 12.5 Å². The van der Waals surface area contributed by atoms with Crippen LogP contribution in [0.2, 0.25) is 0 Å². The summed E-state index contributed by atoms with van der Waals surface area (Å²) in [6.45, 7) is 6.27. The summed E-state index contributed by atoms with van der Waals surface area (Å²) in [6.07, 6.45) is 4.56. The largest absolute Gasteiger partial charge is 0.379 e. The molecule has 0 unspecified atom stereocenters. The Hall–Kier alpha value is -2.44. The Bertz CT molecular complexity index is 750. The van der Waals surface area contributed by atoms with Crippen LogP contribution in [0.15, 0.2) is 54.9 Å². The van der Waals surface area contributed by atoms with Gasteiger partial charge in [-0.2, -0.15) is 0 Å². The van der Waals surface area contributed by atoms with Crippen molar-refractivity contribution < 1.29 is 9.53 Å². The first-order valence-corrected chi connectivity index (χ1v) is 10.1. The van der Waals surface area contributed by atoms with Gasteiger partial charge in [0.2, 0.25) is 5.91 Å². The molecule has 0 aliphatic carbocycles. The van der Waals surface area contributed by atoms with Crippen molar-refractivity contribution in [3.8, 4) is 0 Å². The number of aromatic nitrogens is 1. The normalized spacial score (nSPS) is 19.9. The third-order valence-corrected chi connectivity index (χ3v) is 5.57. The highest BCUT2D eigenvalue weighted by Gasteiger charge is 2.33. The van der Waals surface area contributed by atoms with Gasteiger partial charge in [0.1, 0.15) is 6.04 Å². The average molecular weight is 380 g/mol. The Morgan fingerprint density at radius 3 is 2.50 bits per heavy atom. The number of nitrogens with zero attached hydrogens (tertiary/aromatic N) is 4. The molecule has 28 heavy (non-hydrogen) atoms. The molecule has 2 aliphatic heterocycles. The van der Waals surface area contributed by atoms with Gasteiger partial charge >= 0.3 is 0 Å². The van der Waals surface area contributed by atoms with Crippen molar-refractivity contribution in [2.75, 3.05) is 57.4 Å². The number of hydrogen-bond acceptors (Lipinski definition) is 5. The lowest BCUT2D eigenvalue weighted by Gasteiger charge is -2.36. The predicted molar refractivity (Wildman–Crippen MR) is 109 cm³/mol. The SMILES string of the molecule is O=C([C@H](c1cccnc1)N1CCOCC1)N1CCCN(c2ccccc2)CC1. The maximum Gasteiger partial charge on any atom is 0.244 e. The fourth-order valence-electron chi connectivity index (χ4n) is 4.09. The minimum atomic E-state index is -0.277. The van der Waals surface area contributed by atoms with E-state index in [1.807, 2.05) is 29.3 Å². The number of pyridine rings is 1. The first kappa shape index (κ1) is 18.9. The average Bonchev–Trinajstić information content (AvgIpc) is 3.02. The fourth-order valence-corrected chi connectivity index (χ4v) is 4.09. The number of anilines is 1.